The molecule has 0 heterocycles. The number of rotatable bonds is 5. The molecule has 1 aromatic carbocycles. The molecule has 1 radical (unpaired) electrons. The van der Waals surface area contributed by atoms with E-state index in [0.717, 1.165) is 0 Å². The van der Waals surface area contributed by atoms with Crippen LogP contribution < -0.4 is 5.46 Å². The van der Waals surface area contributed by atoms with Crippen LogP contribution in [0.2, 0.25) is 0 Å². The Labute approximate surface area is 133 Å². The van der Waals surface area contributed by atoms with Crippen molar-refractivity contribution in [3.63, 3.8) is 0 Å². The zero-order valence-electron chi connectivity index (χ0n) is 13.3. The molecule has 0 saturated heterocycles. The van der Waals surface area contributed by atoms with E-state index in [-0.39, 0.29) is 0 Å². The number of hydrogen-bond acceptors (Lipinski definition) is 0. The smallest absolute Gasteiger partial charge is 0.151 e. The fourth-order valence-electron chi connectivity index (χ4n) is 2.42. The summed E-state index contributed by atoms with van der Waals surface area (Å²) in [7, 11) is 0. The highest BCUT2D eigenvalue weighted by Crippen LogP contribution is 2.44. The topological polar surface area (TPSA) is 0 Å². The number of benzene rings is 1. The lowest BCUT2D eigenvalue weighted by atomic mass is 9.67. The predicted molar refractivity (Wildman–Crippen MR) is 96.7 cm³/mol. The second-order valence-corrected chi connectivity index (χ2v) is 8.04. The van der Waals surface area contributed by atoms with Crippen LogP contribution in [0.1, 0.15) is 65.9 Å². The van der Waals surface area contributed by atoms with Crippen molar-refractivity contribution < 1.29 is 0 Å². The van der Waals surface area contributed by atoms with Gasteiger partial charge < -0.3 is 0 Å². The molecule has 1 unspecified atom stereocenters. The van der Waals surface area contributed by atoms with Crippen molar-refractivity contribution in [3.05, 3.63) is 29.8 Å². The summed E-state index contributed by atoms with van der Waals surface area (Å²) in [6.45, 7) is 14.2. The molecule has 0 saturated carbocycles. The Morgan fingerprint density at radius 3 is 1.95 bits per heavy atom. The highest BCUT2D eigenvalue weighted by atomic mass is 127. The third-order valence-electron chi connectivity index (χ3n) is 4.22. The van der Waals surface area contributed by atoms with Gasteiger partial charge in [-0.2, -0.15) is 22.4 Å². The van der Waals surface area contributed by atoms with E-state index in [9.17, 15) is 0 Å². The largest absolute Gasteiger partial charge is 0.237 e. The summed E-state index contributed by atoms with van der Waals surface area (Å²) in [5.41, 5.74) is 3.50. The van der Waals surface area contributed by atoms with E-state index in [4.69, 9.17) is 0 Å². The van der Waals surface area contributed by atoms with Gasteiger partial charge in [-0.05, 0) is 28.7 Å². The van der Waals surface area contributed by atoms with Gasteiger partial charge in [0.15, 0.2) is 0 Å². The molecule has 0 bridgehead atoms. The summed E-state index contributed by atoms with van der Waals surface area (Å²) in [4.78, 5) is 0. The average molecular weight is 369 g/mol. The molecule has 0 aromatic heterocycles. The molecule has 1 atom stereocenters. The van der Waals surface area contributed by atoms with Crippen LogP contribution >= 0.6 is 22.4 Å². The molecule has 0 nitrogen and oxygen atoms in total. The second-order valence-electron chi connectivity index (χ2n) is 7.42. The summed E-state index contributed by atoms with van der Waals surface area (Å²) in [5, 5.41) is 2.13. The Morgan fingerprint density at radius 2 is 1.58 bits per heavy atom. The second kappa shape index (κ2) is 6.65. The van der Waals surface area contributed by atoms with Gasteiger partial charge in [-0.25, -0.2) is 0 Å². The van der Waals surface area contributed by atoms with Crippen molar-refractivity contribution in [2.45, 2.75) is 60.3 Å². The van der Waals surface area contributed by atoms with Crippen LogP contribution in [-0.2, 0) is 0 Å². The number of halogens is 1. The summed E-state index contributed by atoms with van der Waals surface area (Å²) in [6.07, 6.45) is 2.49. The molecular formula is C17H27BI. The van der Waals surface area contributed by atoms with Gasteiger partial charge in [0.05, 0.1) is 0 Å². The molecule has 2 heteroatoms. The van der Waals surface area contributed by atoms with Gasteiger partial charge in [0.25, 0.3) is 0 Å². The Hall–Kier alpha value is 0.0149. The van der Waals surface area contributed by atoms with Crippen LogP contribution in [0.15, 0.2) is 24.3 Å². The van der Waals surface area contributed by atoms with Gasteiger partial charge in [0.2, 0.25) is 5.14 Å². The summed E-state index contributed by atoms with van der Waals surface area (Å²) in [6, 6.07) is 9.09. The molecule has 0 aliphatic heterocycles. The van der Waals surface area contributed by atoms with Crippen molar-refractivity contribution in [2.24, 2.45) is 10.8 Å². The van der Waals surface area contributed by atoms with Gasteiger partial charge in [-0.1, -0.05) is 77.7 Å². The van der Waals surface area contributed by atoms with Crippen LogP contribution in [0.5, 0.6) is 0 Å². The third-order valence-corrected chi connectivity index (χ3v) is 4.94. The van der Waals surface area contributed by atoms with Gasteiger partial charge >= 0.3 is 0 Å². The molecule has 0 aliphatic carbocycles. The van der Waals surface area contributed by atoms with E-state index in [1.54, 1.807) is 0 Å². The molecule has 105 valence electrons. The van der Waals surface area contributed by atoms with Crippen molar-refractivity contribution in [3.8, 4) is 0 Å². The molecule has 1 aromatic rings. The van der Waals surface area contributed by atoms with Crippen LogP contribution in [0.4, 0.5) is 0 Å². The lowest BCUT2D eigenvalue weighted by molar-refractivity contribution is 0.209. The predicted octanol–water partition coefficient (Wildman–Crippen LogP) is 5.32. The summed E-state index contributed by atoms with van der Waals surface area (Å²) < 4.78 is 0. The minimum atomic E-state index is 0.308. The minimum Gasteiger partial charge on any atom is -0.151 e. The monoisotopic (exact) mass is 369 g/mol. The summed E-state index contributed by atoms with van der Waals surface area (Å²) in [5.74, 6) is 0.616. The maximum Gasteiger partial charge on any atom is 0.237 e. The molecule has 0 amide bonds. The van der Waals surface area contributed by atoms with Crippen LogP contribution in [-0.4, -0.2) is 5.14 Å². The van der Waals surface area contributed by atoms with E-state index in [1.165, 1.54) is 23.9 Å². The summed E-state index contributed by atoms with van der Waals surface area (Å²) >= 11 is 2.30. The maximum atomic E-state index is 2.39. The zero-order chi connectivity index (χ0) is 14.7. The highest BCUT2D eigenvalue weighted by molar-refractivity contribution is 14.1. The minimum absolute atomic E-state index is 0.308. The quantitative estimate of drug-likeness (QED) is 0.487. The third kappa shape index (κ3) is 5.13. The average Bonchev–Trinajstić information content (AvgIpc) is 2.35. The first kappa shape index (κ1) is 17.1. The lowest BCUT2D eigenvalue weighted by Crippen LogP contribution is -2.25. The van der Waals surface area contributed by atoms with Crippen molar-refractivity contribution in [1.82, 2.24) is 0 Å². The first-order chi connectivity index (χ1) is 8.69. The van der Waals surface area contributed by atoms with Crippen molar-refractivity contribution in [1.29, 1.82) is 0 Å². The van der Waals surface area contributed by atoms with Crippen molar-refractivity contribution in [2.75, 3.05) is 0 Å². The van der Waals surface area contributed by atoms with E-state index in [2.05, 4.69) is 93.3 Å². The van der Waals surface area contributed by atoms with E-state index in [0.29, 0.717) is 16.7 Å². The Balaban J connectivity index is 3.03. The first-order valence-corrected chi connectivity index (χ1v) is 8.47. The Bertz CT molecular complexity index is 387. The Kier molecular flexibility index (Phi) is 5.97. The zero-order valence-corrected chi connectivity index (χ0v) is 15.4. The fourth-order valence-corrected chi connectivity index (χ4v) is 2.84. The fraction of sp³-hybridized carbons (Fsp3) is 0.647. The first-order valence-electron chi connectivity index (χ1n) is 7.23. The molecule has 19 heavy (non-hydrogen) atoms. The van der Waals surface area contributed by atoms with Gasteiger partial charge in [-0.3, -0.25) is 0 Å². The molecular weight excluding hydrogens is 342 g/mol. The lowest BCUT2D eigenvalue weighted by Gasteiger charge is -2.37. The standard InChI is InChI=1S/C17H27BI/c1-7-17(5,6)12-15(16(2,3)4)13-8-10-14(18-19)11-9-13/h8-11,15H,7,12H2,1-6H3. The van der Waals surface area contributed by atoms with E-state index < -0.39 is 0 Å². The Morgan fingerprint density at radius 1 is 1.05 bits per heavy atom. The maximum absolute atomic E-state index is 2.39. The van der Waals surface area contributed by atoms with Gasteiger partial charge in [-0.15, -0.1) is 0 Å². The highest BCUT2D eigenvalue weighted by Gasteiger charge is 2.31. The van der Waals surface area contributed by atoms with Crippen molar-refractivity contribution >= 4 is 33.0 Å². The van der Waals surface area contributed by atoms with E-state index in [1.807, 2.05) is 0 Å². The van der Waals surface area contributed by atoms with Crippen LogP contribution in [0.3, 0.4) is 0 Å². The van der Waals surface area contributed by atoms with Gasteiger partial charge in [0.1, 0.15) is 0 Å². The SMILES string of the molecule is CCC(C)(C)CC(c1ccc([B]I)cc1)C(C)(C)C. The normalized spacial score (nSPS) is 14.3. The molecule has 0 aliphatic rings. The molecule has 0 fully saturated rings. The van der Waals surface area contributed by atoms with Gasteiger partial charge in [0, 0.05) is 0 Å². The molecule has 0 N–H and O–H groups in total. The number of hydrogen-bond donors (Lipinski definition) is 0. The van der Waals surface area contributed by atoms with Crippen LogP contribution in [0, 0.1) is 10.8 Å². The van der Waals surface area contributed by atoms with Crippen LogP contribution in [0.25, 0.3) is 0 Å². The van der Waals surface area contributed by atoms with E-state index >= 15 is 0 Å². The molecule has 1 rings (SSSR count). The molecule has 0 spiro atoms.